The van der Waals surface area contributed by atoms with E-state index < -0.39 is 12.9 Å². The Morgan fingerprint density at radius 2 is 1.71 bits per heavy atom. The van der Waals surface area contributed by atoms with Gasteiger partial charge in [0, 0.05) is 11.0 Å². The molecule has 0 heterocycles. The van der Waals surface area contributed by atoms with Gasteiger partial charge in [-0.1, -0.05) is 30.3 Å². The standard InChI is InChI=1S/C12H10BFO3/c14-11-4-2-1-3-9(11)8-5-6-10(13(16)17)12(15)7-8/h1-7,15-17H. The van der Waals surface area contributed by atoms with Crippen molar-refractivity contribution in [1.29, 1.82) is 0 Å². The number of rotatable bonds is 2. The summed E-state index contributed by atoms with van der Waals surface area (Å²) in [7, 11) is -1.75. The number of phenols is 1. The number of hydrogen-bond acceptors (Lipinski definition) is 3. The fourth-order valence-corrected chi connectivity index (χ4v) is 1.62. The van der Waals surface area contributed by atoms with Gasteiger partial charge in [-0.25, -0.2) is 4.39 Å². The van der Waals surface area contributed by atoms with Crippen LogP contribution in [-0.4, -0.2) is 22.3 Å². The SMILES string of the molecule is OB(O)c1ccc(-c2ccccc2F)cc1O. The molecule has 0 saturated carbocycles. The predicted octanol–water partition coefficient (Wildman–Crippen LogP) is 0.878. The van der Waals surface area contributed by atoms with Gasteiger partial charge in [-0.2, -0.15) is 0 Å². The first-order valence-electron chi connectivity index (χ1n) is 5.03. The predicted molar refractivity (Wildman–Crippen MR) is 63.3 cm³/mol. The van der Waals surface area contributed by atoms with Gasteiger partial charge in [0.1, 0.15) is 11.6 Å². The first kappa shape index (κ1) is 11.6. The quantitative estimate of drug-likeness (QED) is 0.673. The lowest BCUT2D eigenvalue weighted by Crippen LogP contribution is -2.29. The van der Waals surface area contributed by atoms with Crippen molar-refractivity contribution in [3.8, 4) is 16.9 Å². The molecule has 2 aromatic carbocycles. The molecular formula is C12H10BFO3. The normalized spacial score (nSPS) is 10.3. The third kappa shape index (κ3) is 2.30. The molecule has 0 aliphatic rings. The minimum Gasteiger partial charge on any atom is -0.508 e. The molecule has 5 heteroatoms. The van der Waals surface area contributed by atoms with E-state index in [4.69, 9.17) is 10.0 Å². The lowest BCUT2D eigenvalue weighted by molar-refractivity contribution is 0.419. The van der Waals surface area contributed by atoms with Crippen LogP contribution in [0.15, 0.2) is 42.5 Å². The van der Waals surface area contributed by atoms with Gasteiger partial charge in [0.15, 0.2) is 0 Å². The topological polar surface area (TPSA) is 60.7 Å². The molecule has 0 aromatic heterocycles. The largest absolute Gasteiger partial charge is 0.508 e. The molecule has 3 nitrogen and oxygen atoms in total. The van der Waals surface area contributed by atoms with Crippen LogP contribution in [0.25, 0.3) is 11.1 Å². The lowest BCUT2D eigenvalue weighted by Gasteiger charge is -2.07. The van der Waals surface area contributed by atoms with Crippen LogP contribution in [0.5, 0.6) is 5.75 Å². The first-order valence-corrected chi connectivity index (χ1v) is 5.03. The molecule has 0 unspecified atom stereocenters. The molecule has 0 atom stereocenters. The monoisotopic (exact) mass is 232 g/mol. The molecule has 0 aliphatic heterocycles. The molecule has 0 fully saturated rings. The van der Waals surface area contributed by atoms with Crippen molar-refractivity contribution < 1.29 is 19.5 Å². The van der Waals surface area contributed by atoms with Crippen molar-refractivity contribution >= 4 is 12.6 Å². The number of benzene rings is 2. The Labute approximate surface area is 97.9 Å². The molecule has 2 rings (SSSR count). The number of aromatic hydroxyl groups is 1. The summed E-state index contributed by atoms with van der Waals surface area (Å²) in [5.74, 6) is -0.676. The second kappa shape index (κ2) is 4.57. The molecule has 86 valence electrons. The summed E-state index contributed by atoms with van der Waals surface area (Å²) >= 11 is 0. The van der Waals surface area contributed by atoms with Gasteiger partial charge < -0.3 is 15.2 Å². The van der Waals surface area contributed by atoms with Gasteiger partial charge in [0.2, 0.25) is 0 Å². The van der Waals surface area contributed by atoms with Crippen LogP contribution in [-0.2, 0) is 0 Å². The van der Waals surface area contributed by atoms with Crippen LogP contribution in [0.4, 0.5) is 4.39 Å². The number of hydrogen-bond donors (Lipinski definition) is 3. The molecule has 0 radical (unpaired) electrons. The Balaban J connectivity index is 2.49. The molecular weight excluding hydrogens is 222 g/mol. The van der Waals surface area contributed by atoms with E-state index in [0.29, 0.717) is 11.1 Å². The van der Waals surface area contributed by atoms with E-state index in [0.717, 1.165) is 0 Å². The Kier molecular flexibility index (Phi) is 3.13. The van der Waals surface area contributed by atoms with Crippen molar-refractivity contribution in [3.63, 3.8) is 0 Å². The van der Waals surface area contributed by atoms with Crippen LogP contribution in [0, 0.1) is 5.82 Å². The minimum absolute atomic E-state index is 0.00918. The molecule has 2 aromatic rings. The highest BCUT2D eigenvalue weighted by Crippen LogP contribution is 2.24. The highest BCUT2D eigenvalue weighted by atomic mass is 19.1. The second-order valence-electron chi connectivity index (χ2n) is 3.63. The minimum atomic E-state index is -1.75. The first-order chi connectivity index (χ1) is 8.09. The summed E-state index contributed by atoms with van der Waals surface area (Å²) in [4.78, 5) is 0. The van der Waals surface area contributed by atoms with E-state index in [9.17, 15) is 9.50 Å². The van der Waals surface area contributed by atoms with Crippen molar-refractivity contribution in [1.82, 2.24) is 0 Å². The molecule has 3 N–H and O–H groups in total. The zero-order valence-corrected chi connectivity index (χ0v) is 8.84. The average molecular weight is 232 g/mol. The van der Waals surface area contributed by atoms with Crippen molar-refractivity contribution in [2.75, 3.05) is 0 Å². The van der Waals surface area contributed by atoms with Gasteiger partial charge in [-0.15, -0.1) is 0 Å². The van der Waals surface area contributed by atoms with Gasteiger partial charge in [0.05, 0.1) is 0 Å². The molecule has 0 aliphatic carbocycles. The van der Waals surface area contributed by atoms with Crippen molar-refractivity contribution in [3.05, 3.63) is 48.3 Å². The third-order valence-corrected chi connectivity index (χ3v) is 2.49. The maximum Gasteiger partial charge on any atom is 0.492 e. The van der Waals surface area contributed by atoms with E-state index in [1.807, 2.05) is 0 Å². The zero-order valence-electron chi connectivity index (χ0n) is 8.84. The second-order valence-corrected chi connectivity index (χ2v) is 3.63. The zero-order chi connectivity index (χ0) is 12.4. The highest BCUT2D eigenvalue weighted by molar-refractivity contribution is 6.59. The Bertz CT molecular complexity index is 543. The van der Waals surface area contributed by atoms with Crippen LogP contribution in [0.3, 0.4) is 0 Å². The summed E-state index contributed by atoms with van der Waals surface area (Å²) in [6, 6.07) is 10.3. The number of phenolic OH excluding ortho intramolecular Hbond substituents is 1. The van der Waals surface area contributed by atoms with E-state index in [1.165, 1.54) is 24.3 Å². The van der Waals surface area contributed by atoms with Crippen LogP contribution in [0.1, 0.15) is 0 Å². The fraction of sp³-hybridized carbons (Fsp3) is 0. The highest BCUT2D eigenvalue weighted by Gasteiger charge is 2.16. The van der Waals surface area contributed by atoms with E-state index >= 15 is 0 Å². The Hall–Kier alpha value is -1.85. The van der Waals surface area contributed by atoms with Gasteiger partial charge in [0.25, 0.3) is 0 Å². The van der Waals surface area contributed by atoms with Crippen LogP contribution in [0.2, 0.25) is 0 Å². The molecule has 0 bridgehead atoms. The van der Waals surface area contributed by atoms with Gasteiger partial charge >= 0.3 is 7.12 Å². The van der Waals surface area contributed by atoms with Crippen molar-refractivity contribution in [2.24, 2.45) is 0 Å². The average Bonchev–Trinajstić information content (AvgIpc) is 2.29. The molecule has 0 spiro atoms. The van der Waals surface area contributed by atoms with E-state index in [2.05, 4.69) is 0 Å². The fourth-order valence-electron chi connectivity index (χ4n) is 1.62. The van der Waals surface area contributed by atoms with Crippen molar-refractivity contribution in [2.45, 2.75) is 0 Å². The summed E-state index contributed by atoms with van der Waals surface area (Å²) < 4.78 is 13.5. The maximum atomic E-state index is 13.5. The lowest BCUT2D eigenvalue weighted by atomic mass is 9.79. The molecule has 0 saturated heterocycles. The van der Waals surface area contributed by atoms with Crippen LogP contribution >= 0.6 is 0 Å². The molecule has 0 amide bonds. The smallest absolute Gasteiger partial charge is 0.492 e. The number of halogens is 1. The van der Waals surface area contributed by atoms with Gasteiger partial charge in [-0.05, 0) is 17.7 Å². The van der Waals surface area contributed by atoms with E-state index in [-0.39, 0.29) is 11.2 Å². The maximum absolute atomic E-state index is 13.5. The van der Waals surface area contributed by atoms with Crippen LogP contribution < -0.4 is 5.46 Å². The summed E-state index contributed by atoms with van der Waals surface area (Å²) in [6.45, 7) is 0. The summed E-state index contributed by atoms with van der Waals surface area (Å²) in [6.07, 6.45) is 0. The summed E-state index contributed by atoms with van der Waals surface area (Å²) in [5, 5.41) is 27.5. The third-order valence-electron chi connectivity index (χ3n) is 2.49. The Morgan fingerprint density at radius 3 is 2.29 bits per heavy atom. The van der Waals surface area contributed by atoms with Gasteiger partial charge in [-0.3, -0.25) is 0 Å². The van der Waals surface area contributed by atoms with E-state index in [1.54, 1.807) is 18.2 Å². The summed E-state index contributed by atoms with van der Waals surface area (Å²) in [5.41, 5.74) is 0.817. The molecule has 17 heavy (non-hydrogen) atoms. The Morgan fingerprint density at radius 1 is 1.00 bits per heavy atom.